The molecule has 8 nitrogen and oxygen atoms in total. The van der Waals surface area contributed by atoms with E-state index in [9.17, 15) is 4.79 Å². The number of rotatable bonds is 8. The third kappa shape index (κ3) is 5.18. The van der Waals surface area contributed by atoms with Gasteiger partial charge in [-0.05, 0) is 36.6 Å². The van der Waals surface area contributed by atoms with Gasteiger partial charge >= 0.3 is 0 Å². The molecule has 1 aliphatic carbocycles. The van der Waals surface area contributed by atoms with Crippen LogP contribution in [0.5, 0.6) is 0 Å². The summed E-state index contributed by atoms with van der Waals surface area (Å²) in [7, 11) is 0. The number of halogens is 1. The summed E-state index contributed by atoms with van der Waals surface area (Å²) in [5.74, 6) is 0.573. The number of carbonyl (C=O) groups excluding carboxylic acids is 1. The van der Waals surface area contributed by atoms with Crippen LogP contribution in [-0.2, 0) is 17.9 Å². The third-order valence-corrected chi connectivity index (χ3v) is 5.62. The smallest absolute Gasteiger partial charge is 0.249 e. The van der Waals surface area contributed by atoms with E-state index in [2.05, 4.69) is 20.5 Å². The van der Waals surface area contributed by atoms with Gasteiger partial charge in [0, 0.05) is 12.1 Å². The first-order chi connectivity index (χ1) is 16.2. The van der Waals surface area contributed by atoms with Crippen molar-refractivity contribution in [1.29, 1.82) is 0 Å². The third-order valence-electron chi connectivity index (χ3n) is 5.29. The van der Waals surface area contributed by atoms with E-state index in [1.807, 2.05) is 54.7 Å². The molecule has 166 valence electrons. The summed E-state index contributed by atoms with van der Waals surface area (Å²) in [4.78, 5) is 14.6. The van der Waals surface area contributed by atoms with Gasteiger partial charge < -0.3 is 9.32 Å². The SMILES string of the molecule is O=C(/C=C/c1cn(Cc2ccccc2)nn1)N(Cc1nnc(-c2ccccc2Cl)o1)C1CC1. The van der Waals surface area contributed by atoms with Crippen LogP contribution in [0.4, 0.5) is 0 Å². The Kier molecular flexibility index (Phi) is 5.99. The lowest BCUT2D eigenvalue weighted by Gasteiger charge is -2.18. The van der Waals surface area contributed by atoms with E-state index < -0.39 is 0 Å². The molecule has 0 saturated heterocycles. The number of hydrogen-bond donors (Lipinski definition) is 0. The number of aromatic nitrogens is 5. The van der Waals surface area contributed by atoms with Crippen LogP contribution in [0.3, 0.4) is 0 Å². The molecule has 33 heavy (non-hydrogen) atoms. The maximum absolute atomic E-state index is 12.9. The van der Waals surface area contributed by atoms with Gasteiger partial charge in [-0.25, -0.2) is 4.68 Å². The van der Waals surface area contributed by atoms with Crippen LogP contribution in [0, 0.1) is 0 Å². The standard InChI is InChI=1S/C24H21ClN6O2/c25-21-9-5-4-8-20(21)24-28-27-22(33-24)16-31(19-11-12-19)23(32)13-10-18-15-30(29-26-18)14-17-6-2-1-3-7-17/h1-10,13,15,19H,11-12,14,16H2/b13-10+. The minimum absolute atomic E-state index is 0.132. The molecule has 9 heteroatoms. The molecule has 0 N–H and O–H groups in total. The van der Waals surface area contributed by atoms with Gasteiger partial charge in [0.25, 0.3) is 0 Å². The lowest BCUT2D eigenvalue weighted by atomic mass is 10.2. The van der Waals surface area contributed by atoms with Gasteiger partial charge in [-0.2, -0.15) is 0 Å². The molecule has 1 fully saturated rings. The molecule has 0 bridgehead atoms. The van der Waals surface area contributed by atoms with Gasteiger partial charge in [-0.1, -0.05) is 59.3 Å². The second kappa shape index (κ2) is 9.38. The molecular formula is C24H21ClN6O2. The zero-order valence-corrected chi connectivity index (χ0v) is 18.5. The number of amides is 1. The molecule has 4 aromatic rings. The zero-order chi connectivity index (χ0) is 22.6. The van der Waals surface area contributed by atoms with Crippen molar-refractivity contribution in [2.45, 2.75) is 32.0 Å². The Morgan fingerprint density at radius 3 is 2.67 bits per heavy atom. The van der Waals surface area contributed by atoms with E-state index in [0.717, 1.165) is 18.4 Å². The van der Waals surface area contributed by atoms with Crippen molar-refractivity contribution in [2.24, 2.45) is 0 Å². The fourth-order valence-corrected chi connectivity index (χ4v) is 3.69. The van der Waals surface area contributed by atoms with E-state index in [1.54, 1.807) is 21.7 Å². The molecule has 0 atom stereocenters. The van der Waals surface area contributed by atoms with Crippen LogP contribution in [0.15, 0.2) is 71.3 Å². The lowest BCUT2D eigenvalue weighted by Crippen LogP contribution is -2.31. The van der Waals surface area contributed by atoms with Crippen molar-refractivity contribution in [2.75, 3.05) is 0 Å². The first-order valence-electron chi connectivity index (χ1n) is 10.7. The summed E-state index contributed by atoms with van der Waals surface area (Å²) in [6, 6.07) is 17.5. The summed E-state index contributed by atoms with van der Waals surface area (Å²) in [6.07, 6.45) is 6.92. The van der Waals surface area contributed by atoms with E-state index in [4.69, 9.17) is 16.0 Å². The topological polar surface area (TPSA) is 89.9 Å². The molecule has 0 spiro atoms. The molecular weight excluding hydrogens is 440 g/mol. The number of nitrogens with zero attached hydrogens (tertiary/aromatic N) is 6. The van der Waals surface area contributed by atoms with E-state index in [-0.39, 0.29) is 18.5 Å². The highest BCUT2D eigenvalue weighted by molar-refractivity contribution is 6.33. The molecule has 0 unspecified atom stereocenters. The molecule has 1 saturated carbocycles. The summed E-state index contributed by atoms with van der Waals surface area (Å²) >= 11 is 6.22. The van der Waals surface area contributed by atoms with Crippen LogP contribution in [-0.4, -0.2) is 42.0 Å². The van der Waals surface area contributed by atoms with Crippen LogP contribution >= 0.6 is 11.6 Å². The summed E-state index contributed by atoms with van der Waals surface area (Å²) in [5, 5.41) is 17.0. The molecule has 0 radical (unpaired) electrons. The maximum Gasteiger partial charge on any atom is 0.249 e. The number of benzene rings is 2. The highest BCUT2D eigenvalue weighted by Gasteiger charge is 2.33. The first kappa shape index (κ1) is 21.1. The number of hydrogen-bond acceptors (Lipinski definition) is 6. The van der Waals surface area contributed by atoms with Crippen molar-refractivity contribution >= 4 is 23.6 Å². The second-order valence-corrected chi connectivity index (χ2v) is 8.25. The molecule has 2 heterocycles. The quantitative estimate of drug-likeness (QED) is 0.365. The lowest BCUT2D eigenvalue weighted by molar-refractivity contribution is -0.127. The molecule has 1 aliphatic rings. The van der Waals surface area contributed by atoms with Crippen LogP contribution in [0.2, 0.25) is 5.02 Å². The predicted molar refractivity (Wildman–Crippen MR) is 123 cm³/mol. The summed E-state index contributed by atoms with van der Waals surface area (Å²) in [5.41, 5.74) is 2.42. The van der Waals surface area contributed by atoms with Gasteiger partial charge in [0.2, 0.25) is 17.7 Å². The Bertz CT molecular complexity index is 1280. The molecule has 2 aromatic heterocycles. The molecule has 5 rings (SSSR count). The molecule has 1 amide bonds. The average Bonchev–Trinajstić information content (AvgIpc) is 3.40. The van der Waals surface area contributed by atoms with Crippen molar-refractivity contribution in [3.63, 3.8) is 0 Å². The molecule has 0 aliphatic heterocycles. The fraction of sp³-hybridized carbons (Fsp3) is 0.208. The van der Waals surface area contributed by atoms with E-state index in [0.29, 0.717) is 34.6 Å². The average molecular weight is 461 g/mol. The summed E-state index contributed by atoms with van der Waals surface area (Å²) < 4.78 is 7.52. The molecule has 2 aromatic carbocycles. The summed E-state index contributed by atoms with van der Waals surface area (Å²) in [6.45, 7) is 0.862. The highest BCUT2D eigenvalue weighted by atomic mass is 35.5. The number of carbonyl (C=O) groups is 1. The van der Waals surface area contributed by atoms with E-state index >= 15 is 0 Å². The van der Waals surface area contributed by atoms with Gasteiger partial charge in [-0.3, -0.25) is 4.79 Å². The predicted octanol–water partition coefficient (Wildman–Crippen LogP) is 4.23. The van der Waals surface area contributed by atoms with Crippen molar-refractivity contribution in [3.05, 3.63) is 89.0 Å². The Morgan fingerprint density at radius 1 is 1.09 bits per heavy atom. The van der Waals surface area contributed by atoms with Crippen LogP contribution < -0.4 is 0 Å². The minimum Gasteiger partial charge on any atom is -0.419 e. The van der Waals surface area contributed by atoms with E-state index in [1.165, 1.54) is 6.08 Å². The van der Waals surface area contributed by atoms with Gasteiger partial charge in [0.1, 0.15) is 5.69 Å². The maximum atomic E-state index is 12.9. The Balaban J connectivity index is 1.25. The van der Waals surface area contributed by atoms with Gasteiger partial charge in [0.15, 0.2) is 0 Å². The van der Waals surface area contributed by atoms with Gasteiger partial charge in [-0.15, -0.1) is 15.3 Å². The van der Waals surface area contributed by atoms with Crippen LogP contribution in [0.1, 0.15) is 30.0 Å². The zero-order valence-electron chi connectivity index (χ0n) is 17.7. The largest absolute Gasteiger partial charge is 0.419 e. The van der Waals surface area contributed by atoms with Crippen molar-refractivity contribution in [3.8, 4) is 11.5 Å². The normalized spacial score (nSPS) is 13.5. The second-order valence-electron chi connectivity index (χ2n) is 7.84. The van der Waals surface area contributed by atoms with Crippen molar-refractivity contribution < 1.29 is 9.21 Å². The minimum atomic E-state index is -0.132. The Hall–Kier alpha value is -3.78. The van der Waals surface area contributed by atoms with Crippen molar-refractivity contribution in [1.82, 2.24) is 30.1 Å². The monoisotopic (exact) mass is 460 g/mol. The van der Waals surface area contributed by atoms with Crippen LogP contribution in [0.25, 0.3) is 17.5 Å². The first-order valence-corrected chi connectivity index (χ1v) is 11.0. The fourth-order valence-electron chi connectivity index (χ4n) is 3.47. The highest BCUT2D eigenvalue weighted by Crippen LogP contribution is 2.30. The van der Waals surface area contributed by atoms with Gasteiger partial charge in [0.05, 0.1) is 29.9 Å². The Labute approximate surface area is 195 Å². The Morgan fingerprint density at radius 2 is 1.88 bits per heavy atom.